The first-order valence-corrected chi connectivity index (χ1v) is 7.96. The van der Waals surface area contributed by atoms with Crippen molar-refractivity contribution in [2.75, 3.05) is 5.32 Å². The third-order valence-corrected chi connectivity index (χ3v) is 4.30. The summed E-state index contributed by atoms with van der Waals surface area (Å²) in [6.07, 6.45) is 0.934. The summed E-state index contributed by atoms with van der Waals surface area (Å²) in [5.41, 5.74) is 0.503. The van der Waals surface area contributed by atoms with Crippen molar-refractivity contribution in [3.05, 3.63) is 30.1 Å². The summed E-state index contributed by atoms with van der Waals surface area (Å²) in [5.74, 6) is -0.861. The van der Waals surface area contributed by atoms with Gasteiger partial charge in [-0.3, -0.25) is 14.6 Å². The fourth-order valence-corrected chi connectivity index (χ4v) is 2.88. The lowest BCUT2D eigenvalue weighted by Gasteiger charge is -2.07. The molecule has 1 aliphatic heterocycles. The van der Waals surface area contributed by atoms with Crippen molar-refractivity contribution < 1.29 is 14.0 Å². The molecule has 0 aromatic heterocycles. The summed E-state index contributed by atoms with van der Waals surface area (Å²) in [4.78, 5) is 28.2. The third kappa shape index (κ3) is 4.56. The summed E-state index contributed by atoms with van der Waals surface area (Å²) in [6, 6.07) is 5.62. The highest BCUT2D eigenvalue weighted by molar-refractivity contribution is 8.15. The van der Waals surface area contributed by atoms with Gasteiger partial charge < -0.3 is 10.6 Å². The average Bonchev–Trinajstić information content (AvgIpc) is 2.81. The lowest BCUT2D eigenvalue weighted by Crippen LogP contribution is -2.28. The number of anilines is 1. The fraction of sp³-hybridized carbons (Fsp3) is 0.400. The molecule has 2 N–H and O–H groups in total. The summed E-state index contributed by atoms with van der Waals surface area (Å²) in [5, 5.41) is 5.42. The van der Waals surface area contributed by atoms with Crippen LogP contribution in [0.2, 0.25) is 0 Å². The molecule has 1 aromatic carbocycles. The maximum absolute atomic E-state index is 12.8. The predicted molar refractivity (Wildman–Crippen MR) is 86.4 cm³/mol. The van der Waals surface area contributed by atoms with Gasteiger partial charge >= 0.3 is 0 Å². The summed E-state index contributed by atoms with van der Waals surface area (Å²) in [7, 11) is 0. The molecule has 1 aliphatic rings. The number of carbonyl (C=O) groups excluding carboxylic acids is 2. The maximum atomic E-state index is 12.8. The molecule has 1 heterocycles. The smallest absolute Gasteiger partial charge is 0.240 e. The Labute approximate surface area is 132 Å². The minimum Gasteiger partial charge on any atom is -0.326 e. The number of aliphatic imine (C=N–C) groups is 1. The third-order valence-electron chi connectivity index (χ3n) is 3.20. The molecule has 5 nitrogen and oxygen atoms in total. The molecule has 118 valence electrons. The van der Waals surface area contributed by atoms with E-state index >= 15 is 0 Å². The number of halogens is 1. The lowest BCUT2D eigenvalue weighted by molar-refractivity contribution is -0.122. The van der Waals surface area contributed by atoms with E-state index in [4.69, 9.17) is 0 Å². The van der Waals surface area contributed by atoms with Gasteiger partial charge in [0.25, 0.3) is 0 Å². The number of carbonyl (C=O) groups is 2. The molecule has 0 unspecified atom stereocenters. The number of hydrogen-bond acceptors (Lipinski definition) is 4. The maximum Gasteiger partial charge on any atom is 0.240 e. The minimum atomic E-state index is -0.483. The van der Waals surface area contributed by atoms with Gasteiger partial charge in [-0.25, -0.2) is 4.39 Å². The molecule has 1 saturated heterocycles. The Morgan fingerprint density at radius 3 is 2.77 bits per heavy atom. The van der Waals surface area contributed by atoms with E-state index in [1.165, 1.54) is 36.0 Å². The molecule has 2 rings (SSSR count). The molecule has 2 amide bonds. The van der Waals surface area contributed by atoms with Gasteiger partial charge in [-0.1, -0.05) is 18.7 Å². The van der Waals surface area contributed by atoms with Crippen molar-refractivity contribution in [1.29, 1.82) is 0 Å². The normalized spacial score (nSPS) is 20.8. The minimum absolute atomic E-state index is 0.0490. The number of nitrogens with zero attached hydrogens (tertiary/aromatic N) is 1. The molecule has 2 atom stereocenters. The number of thioether (sulfide) groups is 1. The Balaban J connectivity index is 1.90. The Morgan fingerprint density at radius 1 is 1.45 bits per heavy atom. The van der Waals surface area contributed by atoms with Crippen LogP contribution >= 0.6 is 11.8 Å². The van der Waals surface area contributed by atoms with Gasteiger partial charge in [-0.15, -0.1) is 0 Å². The fourth-order valence-electron chi connectivity index (χ4n) is 1.81. The molecule has 22 heavy (non-hydrogen) atoms. The van der Waals surface area contributed by atoms with Gasteiger partial charge in [0, 0.05) is 18.2 Å². The van der Waals surface area contributed by atoms with E-state index in [0.29, 0.717) is 10.9 Å². The molecule has 7 heteroatoms. The van der Waals surface area contributed by atoms with Crippen molar-refractivity contribution in [1.82, 2.24) is 5.32 Å². The number of nitrogens with one attached hydrogen (secondary N) is 2. The largest absolute Gasteiger partial charge is 0.326 e. The summed E-state index contributed by atoms with van der Waals surface area (Å²) < 4.78 is 12.8. The number of rotatable bonds is 5. The Morgan fingerprint density at radius 2 is 2.14 bits per heavy atom. The first kappa shape index (κ1) is 16.5. The van der Waals surface area contributed by atoms with Crippen molar-refractivity contribution in [2.24, 2.45) is 4.99 Å². The highest BCUT2D eigenvalue weighted by atomic mass is 32.2. The Bertz CT molecular complexity index is 589. The summed E-state index contributed by atoms with van der Waals surface area (Å²) >= 11 is 1.27. The molecule has 0 bridgehead atoms. The van der Waals surface area contributed by atoms with Crippen molar-refractivity contribution >= 4 is 34.4 Å². The summed E-state index contributed by atoms with van der Waals surface area (Å²) in [6.45, 7) is 3.98. The molecule has 0 spiro atoms. The van der Waals surface area contributed by atoms with Crippen LogP contribution in [0.3, 0.4) is 0 Å². The van der Waals surface area contributed by atoms with E-state index in [1.807, 2.05) is 13.8 Å². The van der Waals surface area contributed by atoms with E-state index in [0.717, 1.165) is 6.42 Å². The van der Waals surface area contributed by atoms with Crippen LogP contribution in [0.1, 0.15) is 26.7 Å². The van der Waals surface area contributed by atoms with Gasteiger partial charge in [0.1, 0.15) is 11.1 Å². The van der Waals surface area contributed by atoms with Gasteiger partial charge in [-0.2, -0.15) is 0 Å². The van der Waals surface area contributed by atoms with Crippen LogP contribution in [0.4, 0.5) is 10.1 Å². The molecule has 1 aromatic rings. The van der Waals surface area contributed by atoms with Crippen LogP contribution in [-0.2, 0) is 9.59 Å². The van der Waals surface area contributed by atoms with E-state index in [9.17, 15) is 14.0 Å². The van der Waals surface area contributed by atoms with Crippen molar-refractivity contribution in [3.63, 3.8) is 0 Å². The van der Waals surface area contributed by atoms with Crippen LogP contribution in [0.15, 0.2) is 29.3 Å². The SMILES string of the molecule is CC[C@H](C)N=C1NC(=O)[C@@H](CC(=O)Nc2ccc(F)cc2)S1. The van der Waals surface area contributed by atoms with Crippen LogP contribution in [0, 0.1) is 5.82 Å². The van der Waals surface area contributed by atoms with Gasteiger partial charge in [0.15, 0.2) is 5.17 Å². The van der Waals surface area contributed by atoms with E-state index in [2.05, 4.69) is 15.6 Å². The molecule has 0 saturated carbocycles. The Hall–Kier alpha value is -1.89. The molecule has 0 radical (unpaired) electrons. The molecule has 0 aliphatic carbocycles. The van der Waals surface area contributed by atoms with Crippen LogP contribution < -0.4 is 10.6 Å². The first-order chi connectivity index (χ1) is 10.5. The van der Waals surface area contributed by atoms with Crippen LogP contribution in [0.5, 0.6) is 0 Å². The molecular weight excluding hydrogens is 305 g/mol. The van der Waals surface area contributed by atoms with Crippen LogP contribution in [0.25, 0.3) is 0 Å². The lowest BCUT2D eigenvalue weighted by atomic mass is 10.2. The standard InChI is InChI=1S/C15H18FN3O2S/c1-3-9(2)17-15-19-14(21)12(22-15)8-13(20)18-11-6-4-10(16)5-7-11/h4-7,9,12H,3,8H2,1-2H3,(H,18,20)(H,17,19,21)/t9-,12+/m0/s1. The van der Waals surface area contributed by atoms with Crippen molar-refractivity contribution in [2.45, 2.75) is 38.0 Å². The van der Waals surface area contributed by atoms with E-state index < -0.39 is 5.25 Å². The first-order valence-electron chi connectivity index (χ1n) is 7.08. The topological polar surface area (TPSA) is 70.6 Å². The number of amides is 2. The second-order valence-corrected chi connectivity index (χ2v) is 6.24. The predicted octanol–water partition coefficient (Wildman–Crippen LogP) is 2.54. The average molecular weight is 323 g/mol. The zero-order chi connectivity index (χ0) is 16.1. The van der Waals surface area contributed by atoms with Gasteiger partial charge in [0.05, 0.1) is 0 Å². The van der Waals surface area contributed by atoms with Gasteiger partial charge in [-0.05, 0) is 37.6 Å². The van der Waals surface area contributed by atoms with Crippen LogP contribution in [-0.4, -0.2) is 28.3 Å². The van der Waals surface area contributed by atoms with E-state index in [-0.39, 0.29) is 30.1 Å². The quantitative estimate of drug-likeness (QED) is 0.875. The number of hydrogen-bond donors (Lipinski definition) is 2. The number of benzene rings is 1. The van der Waals surface area contributed by atoms with Crippen molar-refractivity contribution in [3.8, 4) is 0 Å². The highest BCUT2D eigenvalue weighted by Gasteiger charge is 2.32. The second kappa shape index (κ2) is 7.40. The molecular formula is C15H18FN3O2S. The highest BCUT2D eigenvalue weighted by Crippen LogP contribution is 2.23. The monoisotopic (exact) mass is 323 g/mol. The number of amidine groups is 1. The van der Waals surface area contributed by atoms with Gasteiger partial charge in [0.2, 0.25) is 11.8 Å². The van der Waals surface area contributed by atoms with E-state index in [1.54, 1.807) is 0 Å². The zero-order valence-electron chi connectivity index (χ0n) is 12.4. The molecule has 1 fully saturated rings. The Kier molecular flexibility index (Phi) is 5.54. The zero-order valence-corrected chi connectivity index (χ0v) is 13.2. The second-order valence-electron chi connectivity index (χ2n) is 5.05.